The fourth-order valence-electron chi connectivity index (χ4n) is 2.24. The number of carbonyl (C=O) groups excluding carboxylic acids is 2. The van der Waals surface area contributed by atoms with Gasteiger partial charge < -0.3 is 19.5 Å². The molecular formula is C21H25NO5. The van der Waals surface area contributed by atoms with Crippen LogP contribution in [0.2, 0.25) is 0 Å². The average Bonchev–Trinajstić information content (AvgIpc) is 2.65. The van der Waals surface area contributed by atoms with E-state index in [0.29, 0.717) is 18.0 Å². The number of benzene rings is 2. The summed E-state index contributed by atoms with van der Waals surface area (Å²) in [7, 11) is 0. The molecule has 1 N–H and O–H groups in total. The van der Waals surface area contributed by atoms with Crippen molar-refractivity contribution in [2.24, 2.45) is 0 Å². The number of esters is 1. The van der Waals surface area contributed by atoms with Crippen LogP contribution in [0.25, 0.3) is 0 Å². The van der Waals surface area contributed by atoms with E-state index in [9.17, 15) is 9.59 Å². The second kappa shape index (κ2) is 10.2. The van der Waals surface area contributed by atoms with Gasteiger partial charge >= 0.3 is 5.97 Å². The van der Waals surface area contributed by atoms with Gasteiger partial charge in [-0.15, -0.1) is 0 Å². The Labute approximate surface area is 159 Å². The van der Waals surface area contributed by atoms with Crippen LogP contribution in [0, 0.1) is 6.92 Å². The summed E-state index contributed by atoms with van der Waals surface area (Å²) in [6.45, 7) is 6.18. The molecule has 0 bridgehead atoms. The Morgan fingerprint density at radius 1 is 0.963 bits per heavy atom. The molecule has 2 aromatic rings. The van der Waals surface area contributed by atoms with Crippen LogP contribution in [0.3, 0.4) is 0 Å². The molecule has 2 rings (SSSR count). The highest BCUT2D eigenvalue weighted by Gasteiger charge is 2.18. The molecular weight excluding hydrogens is 346 g/mol. The molecule has 0 saturated carbocycles. The zero-order valence-corrected chi connectivity index (χ0v) is 15.9. The Balaban J connectivity index is 1.72. The third-order valence-corrected chi connectivity index (χ3v) is 3.71. The predicted molar refractivity (Wildman–Crippen MR) is 103 cm³/mol. The summed E-state index contributed by atoms with van der Waals surface area (Å²) in [5.41, 5.74) is 1.74. The maximum Gasteiger partial charge on any atom is 0.310 e. The van der Waals surface area contributed by atoms with E-state index >= 15 is 0 Å². The molecule has 6 heteroatoms. The summed E-state index contributed by atoms with van der Waals surface area (Å²) in [6, 6.07) is 14.5. The van der Waals surface area contributed by atoms with Crippen molar-refractivity contribution >= 4 is 17.6 Å². The van der Waals surface area contributed by atoms with Crippen LogP contribution in [0.15, 0.2) is 48.5 Å². The van der Waals surface area contributed by atoms with E-state index in [0.717, 1.165) is 11.3 Å². The number of rotatable bonds is 9. The van der Waals surface area contributed by atoms with Gasteiger partial charge in [-0.05, 0) is 57.2 Å². The molecule has 0 unspecified atom stereocenters. The number of nitrogens with one attached hydrogen (secondary N) is 1. The van der Waals surface area contributed by atoms with Gasteiger partial charge in [-0.2, -0.15) is 0 Å². The van der Waals surface area contributed by atoms with Crippen molar-refractivity contribution in [2.45, 2.75) is 33.3 Å². The summed E-state index contributed by atoms with van der Waals surface area (Å²) in [5, 5.41) is 2.70. The topological polar surface area (TPSA) is 73.9 Å². The summed E-state index contributed by atoms with van der Waals surface area (Å²) < 4.78 is 16.0. The summed E-state index contributed by atoms with van der Waals surface area (Å²) in [4.78, 5) is 24.0. The smallest absolute Gasteiger partial charge is 0.310 e. The first-order valence-electron chi connectivity index (χ1n) is 8.90. The lowest BCUT2D eigenvalue weighted by atomic mass is 10.2. The standard InChI is InChI=1S/C21H25NO5/c1-4-25-18-11-7-17(8-12-18)22-21(24)16(3)27-20(23)13-14-26-19-9-5-15(2)6-10-19/h5-12,16H,4,13-14H2,1-3H3,(H,22,24)/t16-/m0/s1. The van der Waals surface area contributed by atoms with Crippen LogP contribution < -0.4 is 14.8 Å². The predicted octanol–water partition coefficient (Wildman–Crippen LogP) is 3.73. The summed E-state index contributed by atoms with van der Waals surface area (Å²) >= 11 is 0. The first-order valence-corrected chi connectivity index (χ1v) is 8.90. The zero-order valence-electron chi connectivity index (χ0n) is 15.9. The van der Waals surface area contributed by atoms with Crippen molar-refractivity contribution in [1.29, 1.82) is 0 Å². The molecule has 0 aliphatic heterocycles. The molecule has 2 aromatic carbocycles. The minimum absolute atomic E-state index is 0.0640. The molecule has 144 valence electrons. The SMILES string of the molecule is CCOc1ccc(NC(=O)[C@H](C)OC(=O)CCOc2ccc(C)cc2)cc1. The normalized spacial score (nSPS) is 11.4. The molecule has 0 radical (unpaired) electrons. The van der Waals surface area contributed by atoms with Gasteiger partial charge in [0.25, 0.3) is 5.91 Å². The molecule has 1 amide bonds. The van der Waals surface area contributed by atoms with Gasteiger partial charge in [0.2, 0.25) is 0 Å². The maximum atomic E-state index is 12.1. The van der Waals surface area contributed by atoms with E-state index < -0.39 is 18.0 Å². The second-order valence-electron chi connectivity index (χ2n) is 5.99. The van der Waals surface area contributed by atoms with E-state index in [4.69, 9.17) is 14.2 Å². The number of hydrogen-bond donors (Lipinski definition) is 1. The number of amides is 1. The lowest BCUT2D eigenvalue weighted by Crippen LogP contribution is -2.30. The van der Waals surface area contributed by atoms with Crippen LogP contribution >= 0.6 is 0 Å². The van der Waals surface area contributed by atoms with Gasteiger partial charge in [0, 0.05) is 5.69 Å². The summed E-state index contributed by atoms with van der Waals surface area (Å²) in [6.07, 6.45) is -0.836. The molecule has 0 saturated heterocycles. The lowest BCUT2D eigenvalue weighted by molar-refractivity contribution is -0.153. The van der Waals surface area contributed by atoms with Crippen LogP contribution in [-0.2, 0) is 14.3 Å². The third-order valence-electron chi connectivity index (χ3n) is 3.71. The molecule has 0 fully saturated rings. The average molecular weight is 371 g/mol. The van der Waals surface area contributed by atoms with E-state index in [2.05, 4.69) is 5.32 Å². The Bertz CT molecular complexity index is 740. The first kappa shape index (κ1) is 20.3. The highest BCUT2D eigenvalue weighted by molar-refractivity contribution is 5.95. The van der Waals surface area contributed by atoms with Crippen LogP contribution in [0.4, 0.5) is 5.69 Å². The van der Waals surface area contributed by atoms with Crippen molar-refractivity contribution in [1.82, 2.24) is 0 Å². The molecule has 0 spiro atoms. The van der Waals surface area contributed by atoms with Crippen molar-refractivity contribution in [3.05, 3.63) is 54.1 Å². The molecule has 1 atom stereocenters. The number of carbonyl (C=O) groups is 2. The third kappa shape index (κ3) is 7.01. The largest absolute Gasteiger partial charge is 0.494 e. The molecule has 0 aliphatic carbocycles. The fourth-order valence-corrected chi connectivity index (χ4v) is 2.24. The Morgan fingerprint density at radius 2 is 1.56 bits per heavy atom. The molecule has 6 nitrogen and oxygen atoms in total. The fraction of sp³-hybridized carbons (Fsp3) is 0.333. The zero-order chi connectivity index (χ0) is 19.6. The number of ether oxygens (including phenoxy) is 3. The highest BCUT2D eigenvalue weighted by atomic mass is 16.5. The van der Waals surface area contributed by atoms with Gasteiger partial charge in [-0.3, -0.25) is 9.59 Å². The van der Waals surface area contributed by atoms with Crippen LogP contribution in [-0.4, -0.2) is 31.2 Å². The number of anilines is 1. The second-order valence-corrected chi connectivity index (χ2v) is 5.99. The minimum Gasteiger partial charge on any atom is -0.494 e. The van der Waals surface area contributed by atoms with Crippen molar-refractivity contribution in [3.8, 4) is 11.5 Å². The highest BCUT2D eigenvalue weighted by Crippen LogP contribution is 2.16. The maximum absolute atomic E-state index is 12.1. The molecule has 27 heavy (non-hydrogen) atoms. The Morgan fingerprint density at radius 3 is 2.19 bits per heavy atom. The minimum atomic E-state index is -0.900. The lowest BCUT2D eigenvalue weighted by Gasteiger charge is -2.14. The van der Waals surface area contributed by atoms with Gasteiger partial charge in [0.1, 0.15) is 11.5 Å². The number of hydrogen-bond acceptors (Lipinski definition) is 5. The van der Waals surface area contributed by atoms with E-state index in [1.54, 1.807) is 24.3 Å². The Kier molecular flexibility index (Phi) is 7.67. The van der Waals surface area contributed by atoms with Crippen molar-refractivity contribution < 1.29 is 23.8 Å². The van der Waals surface area contributed by atoms with Crippen LogP contribution in [0.5, 0.6) is 11.5 Å². The monoisotopic (exact) mass is 371 g/mol. The van der Waals surface area contributed by atoms with Gasteiger partial charge in [-0.1, -0.05) is 17.7 Å². The van der Waals surface area contributed by atoms with Crippen LogP contribution in [0.1, 0.15) is 25.8 Å². The van der Waals surface area contributed by atoms with Crippen molar-refractivity contribution in [3.63, 3.8) is 0 Å². The molecule has 0 heterocycles. The first-order chi connectivity index (χ1) is 13.0. The van der Waals surface area contributed by atoms with E-state index in [1.165, 1.54) is 6.92 Å². The van der Waals surface area contributed by atoms with E-state index in [-0.39, 0.29) is 13.0 Å². The van der Waals surface area contributed by atoms with Gasteiger partial charge in [0.05, 0.1) is 19.6 Å². The molecule has 0 aliphatic rings. The quantitative estimate of drug-likeness (QED) is 0.680. The van der Waals surface area contributed by atoms with E-state index in [1.807, 2.05) is 38.1 Å². The Hall–Kier alpha value is -3.02. The van der Waals surface area contributed by atoms with Gasteiger partial charge in [0.15, 0.2) is 6.10 Å². The van der Waals surface area contributed by atoms with Gasteiger partial charge in [-0.25, -0.2) is 0 Å². The molecule has 0 aromatic heterocycles. The number of aryl methyl sites for hydroxylation is 1. The van der Waals surface area contributed by atoms with Crippen molar-refractivity contribution in [2.75, 3.05) is 18.5 Å². The summed E-state index contributed by atoms with van der Waals surface area (Å²) in [5.74, 6) is 0.529.